The summed E-state index contributed by atoms with van der Waals surface area (Å²) in [6.45, 7) is 0. The maximum absolute atomic E-state index is 5.72. The molecule has 0 amide bonds. The molecule has 0 aromatic heterocycles. The second kappa shape index (κ2) is 6.88. The number of anilines is 1. The van der Waals surface area contributed by atoms with Gasteiger partial charge in [0, 0.05) is 24.3 Å². The molecule has 1 unspecified atom stereocenters. The Morgan fingerprint density at radius 1 is 1.10 bits per heavy atom. The van der Waals surface area contributed by atoms with Gasteiger partial charge >= 0.3 is 0 Å². The number of rotatable bonds is 5. The van der Waals surface area contributed by atoms with E-state index in [0.29, 0.717) is 0 Å². The first-order valence-electron chi connectivity index (χ1n) is 6.58. The van der Waals surface area contributed by atoms with Gasteiger partial charge in [0.15, 0.2) is 0 Å². The first-order valence-corrected chi connectivity index (χ1v) is 7.38. The quantitative estimate of drug-likeness (QED) is 0.651. The Bertz CT molecular complexity index is 552. The second-order valence-electron chi connectivity index (χ2n) is 5.00. The van der Waals surface area contributed by atoms with Crippen molar-refractivity contribution in [1.29, 1.82) is 0 Å². The molecular weight excluding hydrogens is 314 g/mol. The van der Waals surface area contributed by atoms with Crippen LogP contribution in [-0.2, 0) is 6.42 Å². The fourth-order valence-electron chi connectivity index (χ4n) is 2.16. The molecule has 20 heavy (non-hydrogen) atoms. The maximum Gasteiger partial charge on any atom is 0.0500 e. The largest absolute Gasteiger partial charge is 0.378 e. The van der Waals surface area contributed by atoms with Gasteiger partial charge in [-0.3, -0.25) is 11.3 Å². The summed E-state index contributed by atoms with van der Waals surface area (Å²) in [5, 5.41) is 0. The van der Waals surface area contributed by atoms with Gasteiger partial charge in [0.25, 0.3) is 0 Å². The zero-order valence-corrected chi connectivity index (χ0v) is 13.4. The summed E-state index contributed by atoms with van der Waals surface area (Å²) in [4.78, 5) is 2.09. The number of nitrogens with two attached hydrogens (primary N) is 1. The summed E-state index contributed by atoms with van der Waals surface area (Å²) in [5.41, 5.74) is 6.53. The number of nitrogens with one attached hydrogen (secondary N) is 1. The number of benzene rings is 2. The number of hydrazine groups is 1. The highest BCUT2D eigenvalue weighted by molar-refractivity contribution is 9.10. The first kappa shape index (κ1) is 15.0. The summed E-state index contributed by atoms with van der Waals surface area (Å²) in [7, 11) is 4.07. The third kappa shape index (κ3) is 3.60. The molecule has 0 fully saturated rings. The zero-order chi connectivity index (χ0) is 14.5. The Morgan fingerprint density at radius 2 is 1.75 bits per heavy atom. The van der Waals surface area contributed by atoms with Gasteiger partial charge in [-0.2, -0.15) is 0 Å². The molecule has 0 heterocycles. The van der Waals surface area contributed by atoms with Crippen molar-refractivity contribution in [3.05, 3.63) is 64.1 Å². The van der Waals surface area contributed by atoms with Crippen LogP contribution in [0, 0.1) is 0 Å². The SMILES string of the molecule is CN(C)c1ccc(C(Cc2ccccc2Br)NN)cc1. The van der Waals surface area contributed by atoms with E-state index < -0.39 is 0 Å². The van der Waals surface area contributed by atoms with Crippen LogP contribution < -0.4 is 16.2 Å². The lowest BCUT2D eigenvalue weighted by atomic mass is 9.99. The molecule has 3 N–H and O–H groups in total. The van der Waals surface area contributed by atoms with E-state index in [-0.39, 0.29) is 6.04 Å². The van der Waals surface area contributed by atoms with E-state index in [1.54, 1.807) is 0 Å². The molecule has 0 spiro atoms. The Morgan fingerprint density at radius 3 is 2.30 bits per heavy atom. The van der Waals surface area contributed by atoms with Gasteiger partial charge in [0.1, 0.15) is 0 Å². The molecule has 0 aliphatic heterocycles. The predicted molar refractivity (Wildman–Crippen MR) is 88.7 cm³/mol. The highest BCUT2D eigenvalue weighted by atomic mass is 79.9. The van der Waals surface area contributed by atoms with E-state index >= 15 is 0 Å². The van der Waals surface area contributed by atoms with Gasteiger partial charge in [-0.25, -0.2) is 0 Å². The van der Waals surface area contributed by atoms with Gasteiger partial charge in [0.2, 0.25) is 0 Å². The molecule has 0 aliphatic rings. The highest BCUT2D eigenvalue weighted by Gasteiger charge is 2.12. The van der Waals surface area contributed by atoms with Crippen molar-refractivity contribution >= 4 is 21.6 Å². The molecule has 4 heteroatoms. The predicted octanol–water partition coefficient (Wildman–Crippen LogP) is 3.26. The first-order chi connectivity index (χ1) is 9.61. The van der Waals surface area contributed by atoms with Crippen LogP contribution in [0.15, 0.2) is 53.0 Å². The van der Waals surface area contributed by atoms with Crippen molar-refractivity contribution in [2.24, 2.45) is 5.84 Å². The Hall–Kier alpha value is -1.36. The van der Waals surface area contributed by atoms with E-state index in [1.807, 2.05) is 26.2 Å². The normalized spacial score (nSPS) is 12.2. The van der Waals surface area contributed by atoms with E-state index in [0.717, 1.165) is 10.9 Å². The fraction of sp³-hybridized carbons (Fsp3) is 0.250. The molecule has 0 saturated heterocycles. The van der Waals surface area contributed by atoms with Crippen LogP contribution in [0.5, 0.6) is 0 Å². The molecule has 0 bridgehead atoms. The summed E-state index contributed by atoms with van der Waals surface area (Å²) < 4.78 is 1.12. The van der Waals surface area contributed by atoms with Crippen LogP contribution in [0.25, 0.3) is 0 Å². The molecule has 106 valence electrons. The van der Waals surface area contributed by atoms with Crippen LogP contribution in [-0.4, -0.2) is 14.1 Å². The van der Waals surface area contributed by atoms with Crippen molar-refractivity contribution < 1.29 is 0 Å². The van der Waals surface area contributed by atoms with Crippen LogP contribution in [0.1, 0.15) is 17.2 Å². The smallest absolute Gasteiger partial charge is 0.0500 e. The lowest BCUT2D eigenvalue weighted by Crippen LogP contribution is -2.29. The van der Waals surface area contributed by atoms with Gasteiger partial charge in [-0.15, -0.1) is 0 Å². The lowest BCUT2D eigenvalue weighted by Gasteiger charge is -2.19. The number of hydrogen-bond donors (Lipinski definition) is 2. The van der Waals surface area contributed by atoms with Gasteiger partial charge in [-0.05, 0) is 35.7 Å². The number of halogens is 1. The molecule has 2 aromatic carbocycles. The number of hydrogen-bond acceptors (Lipinski definition) is 3. The Balaban J connectivity index is 2.18. The average molecular weight is 334 g/mol. The highest BCUT2D eigenvalue weighted by Crippen LogP contribution is 2.24. The van der Waals surface area contributed by atoms with Crippen molar-refractivity contribution in [3.63, 3.8) is 0 Å². The summed E-state index contributed by atoms with van der Waals surface area (Å²) in [6.07, 6.45) is 0.846. The standard InChI is InChI=1S/C16H20BrN3/c1-20(2)14-9-7-12(8-10-14)16(19-18)11-13-5-3-4-6-15(13)17/h3-10,16,19H,11,18H2,1-2H3. The molecule has 2 aromatic rings. The monoisotopic (exact) mass is 333 g/mol. The molecule has 1 atom stereocenters. The van der Waals surface area contributed by atoms with Crippen molar-refractivity contribution in [1.82, 2.24) is 5.43 Å². The van der Waals surface area contributed by atoms with Crippen molar-refractivity contribution in [3.8, 4) is 0 Å². The maximum atomic E-state index is 5.72. The van der Waals surface area contributed by atoms with Gasteiger partial charge in [0.05, 0.1) is 6.04 Å². The lowest BCUT2D eigenvalue weighted by molar-refractivity contribution is 0.551. The van der Waals surface area contributed by atoms with Crippen LogP contribution in [0.3, 0.4) is 0 Å². The minimum Gasteiger partial charge on any atom is -0.378 e. The summed E-state index contributed by atoms with van der Waals surface area (Å²) >= 11 is 3.58. The van der Waals surface area contributed by atoms with Crippen LogP contribution >= 0.6 is 15.9 Å². The Labute approximate surface area is 128 Å². The average Bonchev–Trinajstić information content (AvgIpc) is 2.46. The summed E-state index contributed by atoms with van der Waals surface area (Å²) in [5.74, 6) is 5.72. The zero-order valence-electron chi connectivity index (χ0n) is 11.8. The Kier molecular flexibility index (Phi) is 5.17. The van der Waals surface area contributed by atoms with Crippen molar-refractivity contribution in [2.45, 2.75) is 12.5 Å². The van der Waals surface area contributed by atoms with Crippen molar-refractivity contribution in [2.75, 3.05) is 19.0 Å². The minimum atomic E-state index is 0.102. The second-order valence-corrected chi connectivity index (χ2v) is 5.86. The van der Waals surface area contributed by atoms with Gasteiger partial charge in [-0.1, -0.05) is 46.3 Å². The molecule has 2 rings (SSSR count). The molecule has 0 saturated carbocycles. The third-order valence-electron chi connectivity index (χ3n) is 3.39. The topological polar surface area (TPSA) is 41.3 Å². The van der Waals surface area contributed by atoms with E-state index in [4.69, 9.17) is 5.84 Å². The summed E-state index contributed by atoms with van der Waals surface area (Å²) in [6, 6.07) is 16.8. The molecule has 0 radical (unpaired) electrons. The van der Waals surface area contributed by atoms with Crippen LogP contribution in [0.4, 0.5) is 5.69 Å². The van der Waals surface area contributed by atoms with E-state index in [2.05, 4.69) is 62.7 Å². The van der Waals surface area contributed by atoms with E-state index in [1.165, 1.54) is 16.8 Å². The third-order valence-corrected chi connectivity index (χ3v) is 4.17. The molecular formula is C16H20BrN3. The molecule has 0 aliphatic carbocycles. The minimum absolute atomic E-state index is 0.102. The number of nitrogens with zero attached hydrogens (tertiary/aromatic N) is 1. The fourth-order valence-corrected chi connectivity index (χ4v) is 2.61. The van der Waals surface area contributed by atoms with Gasteiger partial charge < -0.3 is 4.90 Å². The molecule has 3 nitrogen and oxygen atoms in total. The van der Waals surface area contributed by atoms with Crippen LogP contribution in [0.2, 0.25) is 0 Å². The van der Waals surface area contributed by atoms with E-state index in [9.17, 15) is 0 Å².